The van der Waals surface area contributed by atoms with Crippen LogP contribution in [0, 0.1) is 10.1 Å². The predicted molar refractivity (Wildman–Crippen MR) is 52.0 cm³/mol. The van der Waals surface area contributed by atoms with Crippen molar-refractivity contribution in [2.75, 3.05) is 0 Å². The van der Waals surface area contributed by atoms with Crippen molar-refractivity contribution >= 4 is 17.3 Å². The van der Waals surface area contributed by atoms with E-state index in [1.54, 1.807) is 0 Å². The van der Waals surface area contributed by atoms with Gasteiger partial charge in [0.1, 0.15) is 12.3 Å². The number of aromatic nitrogens is 2. The lowest BCUT2D eigenvalue weighted by Gasteiger charge is -2.25. The van der Waals surface area contributed by atoms with Crippen LogP contribution in [0.5, 0.6) is 5.88 Å². The lowest BCUT2D eigenvalue weighted by atomic mass is 9.96. The van der Waals surface area contributed by atoms with Crippen LogP contribution in [0.2, 0.25) is 5.28 Å². The maximum Gasteiger partial charge on any atom is 0.349 e. The second kappa shape index (κ2) is 3.98. The second-order valence-electron chi connectivity index (χ2n) is 3.26. The molecule has 0 unspecified atom stereocenters. The van der Waals surface area contributed by atoms with E-state index in [-0.39, 0.29) is 23.0 Å². The molecule has 0 atom stereocenters. The van der Waals surface area contributed by atoms with Gasteiger partial charge in [-0.05, 0) is 30.9 Å². The Balaban J connectivity index is 2.24. The lowest BCUT2D eigenvalue weighted by Crippen LogP contribution is -2.25. The quantitative estimate of drug-likeness (QED) is 0.450. The molecular formula is C8H8ClN3O3. The Hall–Kier alpha value is -1.43. The van der Waals surface area contributed by atoms with Crippen LogP contribution >= 0.6 is 11.6 Å². The Morgan fingerprint density at radius 2 is 2.33 bits per heavy atom. The molecule has 1 saturated carbocycles. The van der Waals surface area contributed by atoms with E-state index in [2.05, 4.69) is 9.97 Å². The van der Waals surface area contributed by atoms with Crippen molar-refractivity contribution in [3.05, 3.63) is 21.6 Å². The number of nitro groups is 1. The van der Waals surface area contributed by atoms with E-state index in [1.165, 1.54) is 0 Å². The van der Waals surface area contributed by atoms with Crippen molar-refractivity contribution in [3.8, 4) is 5.88 Å². The summed E-state index contributed by atoms with van der Waals surface area (Å²) in [4.78, 5) is 17.3. The minimum Gasteiger partial charge on any atom is -0.469 e. The molecule has 0 bridgehead atoms. The fraction of sp³-hybridized carbons (Fsp3) is 0.500. The van der Waals surface area contributed by atoms with Crippen molar-refractivity contribution in [1.29, 1.82) is 0 Å². The smallest absolute Gasteiger partial charge is 0.349 e. The average molecular weight is 230 g/mol. The predicted octanol–water partition coefficient (Wildman–Crippen LogP) is 1.97. The highest BCUT2D eigenvalue weighted by molar-refractivity contribution is 6.28. The highest BCUT2D eigenvalue weighted by atomic mass is 35.5. The standard InChI is InChI=1S/C8H8ClN3O3/c9-8-10-4-6(12(13)14)7(11-8)15-5-2-1-3-5/h4-5H,1-3H2. The summed E-state index contributed by atoms with van der Waals surface area (Å²) in [6.07, 6.45) is 3.97. The molecule has 1 aliphatic rings. The zero-order valence-electron chi connectivity index (χ0n) is 7.72. The van der Waals surface area contributed by atoms with Crippen LogP contribution in [0.4, 0.5) is 5.69 Å². The molecule has 15 heavy (non-hydrogen) atoms. The molecule has 1 fully saturated rings. The summed E-state index contributed by atoms with van der Waals surface area (Å²) in [6, 6.07) is 0. The molecule has 7 heteroatoms. The summed E-state index contributed by atoms with van der Waals surface area (Å²) >= 11 is 5.54. The first-order valence-electron chi connectivity index (χ1n) is 4.50. The van der Waals surface area contributed by atoms with Crippen LogP contribution in [0.3, 0.4) is 0 Å². The second-order valence-corrected chi connectivity index (χ2v) is 3.60. The van der Waals surface area contributed by atoms with Crippen LogP contribution in [0.25, 0.3) is 0 Å². The van der Waals surface area contributed by atoms with E-state index in [1.807, 2.05) is 0 Å². The molecule has 80 valence electrons. The molecule has 1 aromatic heterocycles. The molecule has 0 aliphatic heterocycles. The van der Waals surface area contributed by atoms with Gasteiger partial charge in [-0.15, -0.1) is 0 Å². The lowest BCUT2D eigenvalue weighted by molar-refractivity contribution is -0.386. The van der Waals surface area contributed by atoms with Crippen molar-refractivity contribution in [2.45, 2.75) is 25.4 Å². The van der Waals surface area contributed by atoms with E-state index in [9.17, 15) is 10.1 Å². The van der Waals surface area contributed by atoms with Crippen molar-refractivity contribution in [1.82, 2.24) is 9.97 Å². The first-order valence-corrected chi connectivity index (χ1v) is 4.88. The third-order valence-electron chi connectivity index (χ3n) is 2.23. The fourth-order valence-corrected chi connectivity index (χ4v) is 1.32. The summed E-state index contributed by atoms with van der Waals surface area (Å²) in [7, 11) is 0. The topological polar surface area (TPSA) is 78.2 Å². The number of halogens is 1. The van der Waals surface area contributed by atoms with E-state index >= 15 is 0 Å². The Kier molecular flexibility index (Phi) is 2.68. The van der Waals surface area contributed by atoms with Crippen LogP contribution in [0.1, 0.15) is 19.3 Å². The average Bonchev–Trinajstić information content (AvgIpc) is 2.11. The minimum absolute atomic E-state index is 0.0228. The van der Waals surface area contributed by atoms with Gasteiger partial charge in [0, 0.05) is 0 Å². The van der Waals surface area contributed by atoms with Gasteiger partial charge in [0.2, 0.25) is 5.28 Å². The van der Waals surface area contributed by atoms with Gasteiger partial charge in [-0.3, -0.25) is 10.1 Å². The number of nitrogens with zero attached hydrogens (tertiary/aromatic N) is 3. The molecule has 0 spiro atoms. The van der Waals surface area contributed by atoms with E-state index in [0.717, 1.165) is 25.5 Å². The van der Waals surface area contributed by atoms with Gasteiger partial charge < -0.3 is 4.74 Å². The van der Waals surface area contributed by atoms with Crippen LogP contribution in [-0.4, -0.2) is 21.0 Å². The molecule has 0 saturated heterocycles. The normalized spacial score (nSPS) is 15.8. The van der Waals surface area contributed by atoms with Crippen LogP contribution < -0.4 is 4.74 Å². The highest BCUT2D eigenvalue weighted by Gasteiger charge is 2.25. The summed E-state index contributed by atoms with van der Waals surface area (Å²) < 4.78 is 5.35. The van der Waals surface area contributed by atoms with Gasteiger partial charge in [-0.2, -0.15) is 4.98 Å². The van der Waals surface area contributed by atoms with Crippen molar-refractivity contribution < 1.29 is 9.66 Å². The third kappa shape index (κ3) is 2.15. The fourth-order valence-electron chi connectivity index (χ4n) is 1.20. The van der Waals surface area contributed by atoms with E-state index in [0.29, 0.717) is 0 Å². The van der Waals surface area contributed by atoms with Gasteiger partial charge in [0.05, 0.1) is 4.92 Å². The first-order chi connectivity index (χ1) is 7.16. The number of ether oxygens (including phenoxy) is 1. The maximum atomic E-state index is 10.6. The van der Waals surface area contributed by atoms with Gasteiger partial charge in [0.25, 0.3) is 5.88 Å². The first kappa shape index (κ1) is 10.1. The summed E-state index contributed by atoms with van der Waals surface area (Å²) in [5.41, 5.74) is -0.244. The molecule has 2 rings (SSSR count). The molecule has 1 heterocycles. The molecule has 0 radical (unpaired) electrons. The third-order valence-corrected chi connectivity index (χ3v) is 2.42. The summed E-state index contributed by atoms with van der Waals surface area (Å²) in [5, 5.41) is 10.6. The Morgan fingerprint density at radius 3 is 2.87 bits per heavy atom. The zero-order valence-corrected chi connectivity index (χ0v) is 8.48. The largest absolute Gasteiger partial charge is 0.469 e. The number of rotatable bonds is 3. The maximum absolute atomic E-state index is 10.6. The molecule has 1 aliphatic carbocycles. The number of hydrogen-bond acceptors (Lipinski definition) is 5. The Bertz CT molecular complexity index is 395. The molecular weight excluding hydrogens is 222 g/mol. The molecule has 6 nitrogen and oxygen atoms in total. The summed E-state index contributed by atoms with van der Waals surface area (Å²) in [6.45, 7) is 0. The Morgan fingerprint density at radius 1 is 1.60 bits per heavy atom. The van der Waals surface area contributed by atoms with Crippen LogP contribution in [-0.2, 0) is 0 Å². The van der Waals surface area contributed by atoms with E-state index in [4.69, 9.17) is 16.3 Å². The number of hydrogen-bond donors (Lipinski definition) is 0. The zero-order chi connectivity index (χ0) is 10.8. The monoisotopic (exact) mass is 229 g/mol. The van der Waals surface area contributed by atoms with Crippen LogP contribution in [0.15, 0.2) is 6.20 Å². The Labute approximate surface area is 90.4 Å². The van der Waals surface area contributed by atoms with Gasteiger partial charge >= 0.3 is 5.69 Å². The van der Waals surface area contributed by atoms with Gasteiger partial charge in [-0.25, -0.2) is 4.98 Å². The molecule has 0 N–H and O–H groups in total. The minimum atomic E-state index is -0.579. The van der Waals surface area contributed by atoms with Gasteiger partial charge in [0.15, 0.2) is 0 Å². The molecule has 0 amide bonds. The van der Waals surface area contributed by atoms with E-state index < -0.39 is 4.92 Å². The van der Waals surface area contributed by atoms with Gasteiger partial charge in [-0.1, -0.05) is 0 Å². The van der Waals surface area contributed by atoms with Crippen molar-refractivity contribution in [3.63, 3.8) is 0 Å². The SMILES string of the molecule is O=[N+]([O-])c1cnc(Cl)nc1OC1CCC1. The van der Waals surface area contributed by atoms with Crippen molar-refractivity contribution in [2.24, 2.45) is 0 Å². The highest BCUT2D eigenvalue weighted by Crippen LogP contribution is 2.30. The molecule has 1 aromatic rings. The molecule has 0 aromatic carbocycles. The summed E-state index contributed by atoms with van der Waals surface area (Å²) in [5.74, 6) is -0.0373.